The van der Waals surface area contributed by atoms with Gasteiger partial charge in [-0.1, -0.05) is 18.1 Å². The van der Waals surface area contributed by atoms with E-state index in [1.54, 1.807) is 75.9 Å². The number of carbonyl (C=O) groups is 1. The predicted octanol–water partition coefficient (Wildman–Crippen LogP) is 7.96. The summed E-state index contributed by atoms with van der Waals surface area (Å²) in [6, 6.07) is 14.2. The topological polar surface area (TPSA) is 173 Å². The summed E-state index contributed by atoms with van der Waals surface area (Å²) < 4.78 is 48.3. The highest BCUT2D eigenvalue weighted by Crippen LogP contribution is 2.56. The molecule has 4 aromatic heterocycles. The van der Waals surface area contributed by atoms with Gasteiger partial charge in [0.15, 0.2) is 17.6 Å². The van der Waals surface area contributed by atoms with Crippen LogP contribution in [-0.2, 0) is 28.0 Å². The minimum absolute atomic E-state index is 0.0141. The van der Waals surface area contributed by atoms with Gasteiger partial charge >= 0.3 is 5.76 Å². The Kier molecular flexibility index (Phi) is 9.72. The second-order valence-corrected chi connectivity index (χ2v) is 20.7. The summed E-state index contributed by atoms with van der Waals surface area (Å²) in [5.41, 5.74) is 3.45. The van der Waals surface area contributed by atoms with E-state index >= 15 is 13.6 Å². The summed E-state index contributed by atoms with van der Waals surface area (Å²) in [5.74, 6) is 1.05. The first-order chi connectivity index (χ1) is 33.5. The third-order valence-corrected chi connectivity index (χ3v) is 15.4. The van der Waals surface area contributed by atoms with Gasteiger partial charge in [0.2, 0.25) is 5.82 Å². The molecule has 0 bridgehead atoms. The molecule has 0 radical (unpaired) electrons. The number of hydrogen-bond donors (Lipinski definition) is 2. The highest BCUT2D eigenvalue weighted by Gasteiger charge is 2.59. The first kappa shape index (κ1) is 44.1. The molecule has 2 saturated carbocycles. The van der Waals surface area contributed by atoms with Crippen LogP contribution in [0.1, 0.15) is 116 Å². The first-order valence-corrected chi connectivity index (χ1v) is 23.9. The predicted molar refractivity (Wildman–Crippen MR) is 255 cm³/mol. The number of ether oxygens (including phenoxy) is 1. The van der Waals surface area contributed by atoms with E-state index in [-0.39, 0.29) is 59.1 Å². The van der Waals surface area contributed by atoms with Gasteiger partial charge < -0.3 is 19.3 Å². The minimum Gasteiger partial charge on any atom is -0.388 e. The molecular weight excluding hydrogens is 899 g/mol. The highest BCUT2D eigenvalue weighted by molar-refractivity contribution is 6.00. The Morgan fingerprint density at radius 2 is 1.74 bits per heavy atom. The van der Waals surface area contributed by atoms with Crippen LogP contribution in [0.25, 0.3) is 27.5 Å². The summed E-state index contributed by atoms with van der Waals surface area (Å²) in [7, 11) is 0. The van der Waals surface area contributed by atoms with Gasteiger partial charge in [-0.3, -0.25) is 28.8 Å². The van der Waals surface area contributed by atoms with E-state index in [0.717, 1.165) is 29.3 Å². The van der Waals surface area contributed by atoms with Gasteiger partial charge in [0.25, 0.3) is 5.91 Å². The number of hydrogen-bond acceptors (Lipinski definition) is 11. The molecule has 7 heterocycles. The van der Waals surface area contributed by atoms with Crippen molar-refractivity contribution in [2.45, 2.75) is 115 Å². The first-order valence-electron chi connectivity index (χ1n) is 23.9. The molecule has 2 N–H and O–H groups in total. The number of anilines is 2. The molecule has 1 amide bonds. The molecule has 7 aromatic rings. The fraction of sp³-hybridized carbons (Fsp3) is 0.404. The molecule has 3 aromatic carbocycles. The number of carbonyl (C=O) groups excluding carboxylic acids is 2. The van der Waals surface area contributed by atoms with Gasteiger partial charge in [0.1, 0.15) is 22.9 Å². The third-order valence-electron chi connectivity index (χ3n) is 15.4. The summed E-state index contributed by atoms with van der Waals surface area (Å²) in [6.07, 6.45) is 8.71. The van der Waals surface area contributed by atoms with Crippen LogP contribution in [0.2, 0.25) is 0 Å². The summed E-state index contributed by atoms with van der Waals surface area (Å²) in [6.45, 7) is 12.7. The minimum atomic E-state index is -0.873. The van der Waals surface area contributed by atoms with E-state index in [1.165, 1.54) is 4.90 Å². The van der Waals surface area contributed by atoms with Crippen LogP contribution < -0.4 is 15.6 Å². The molecule has 360 valence electrons. The standard InChI is InChI=1S/C52H52F2N10O6/c1-28-19-35(20-29(2)44(28)53)64-46(62-17-16-61(42(62)26-65)40-10-8-37-36(45(40)54)25-59(56-37)27-51(68)13-14-51)43-31(4)60(15-11-38(43)57-64)47(66)41-22-34-21-32(33-12-18-69-50(5,6)24-33)7-9-39(34)63(41)52(23-30(52)3)48-55-49(67)70-58-48/h7-10,16-17,19-22,25,30-31,33,68H,11-15,18,23-24,27H2,1-6H3,(H,55,58,67)/t30-,31-,33-,52-/m0/s1. The van der Waals surface area contributed by atoms with Crippen molar-refractivity contribution < 1.29 is 32.7 Å². The maximum absolute atomic E-state index is 16.7. The summed E-state index contributed by atoms with van der Waals surface area (Å²) in [4.78, 5) is 49.1. The number of amides is 1. The average molecular weight is 951 g/mol. The lowest BCUT2D eigenvalue weighted by molar-refractivity contribution is -0.0592. The van der Waals surface area contributed by atoms with Crippen LogP contribution >= 0.6 is 0 Å². The lowest BCUT2D eigenvalue weighted by Crippen LogP contribution is -2.41. The van der Waals surface area contributed by atoms with Crippen LogP contribution in [0.4, 0.5) is 20.3 Å². The largest absolute Gasteiger partial charge is 0.438 e. The van der Waals surface area contributed by atoms with Crippen molar-refractivity contribution in [3.8, 4) is 5.69 Å². The SMILES string of the molecule is Cc1cc(-n2nc3c(c2N2C=CN(c4ccc5nn(CC6(O)CC6)cc5c4F)C2=C=O)[C@H](C)N(C(=O)c2cc4cc([C@H]5CCOC(C)(C)C5)ccc4n2[C@@]2(c4noc(=O)[nH]4)C[C@@H]2C)CC3)cc(C)c1F. The summed E-state index contributed by atoms with van der Waals surface area (Å²) >= 11 is 0. The van der Waals surface area contributed by atoms with Crippen molar-refractivity contribution in [1.29, 1.82) is 0 Å². The van der Waals surface area contributed by atoms with E-state index in [2.05, 4.69) is 60.2 Å². The molecule has 16 nitrogen and oxygen atoms in total. The van der Waals surface area contributed by atoms with Crippen molar-refractivity contribution in [3.63, 3.8) is 0 Å². The van der Waals surface area contributed by atoms with E-state index in [0.29, 0.717) is 83.2 Å². The fourth-order valence-corrected chi connectivity index (χ4v) is 11.5. The number of fused-ring (bicyclic) bond motifs is 3. The van der Waals surface area contributed by atoms with E-state index in [1.807, 2.05) is 17.6 Å². The quantitative estimate of drug-likeness (QED) is 0.135. The lowest BCUT2D eigenvalue weighted by atomic mass is 9.83. The van der Waals surface area contributed by atoms with Crippen molar-refractivity contribution in [2.24, 2.45) is 5.92 Å². The normalized spacial score (nSPS) is 23.4. The zero-order valence-corrected chi connectivity index (χ0v) is 39.7. The zero-order chi connectivity index (χ0) is 48.8. The Bertz CT molecular complexity index is 3470. The number of benzene rings is 3. The van der Waals surface area contributed by atoms with Crippen LogP contribution in [0, 0.1) is 31.4 Å². The van der Waals surface area contributed by atoms with Crippen LogP contribution in [0.5, 0.6) is 0 Å². The number of halogens is 2. The number of aryl methyl sites for hydroxylation is 2. The summed E-state index contributed by atoms with van der Waals surface area (Å²) in [5, 5.41) is 25.4. The molecule has 1 saturated heterocycles. The molecule has 70 heavy (non-hydrogen) atoms. The van der Waals surface area contributed by atoms with Gasteiger partial charge in [-0.15, -0.1) is 0 Å². The maximum Gasteiger partial charge on any atom is 0.438 e. The molecule has 0 spiro atoms. The second kappa shape index (κ2) is 15.4. The van der Waals surface area contributed by atoms with Crippen LogP contribution in [0.15, 0.2) is 82.3 Å². The number of nitrogens with zero attached hydrogens (tertiary/aromatic N) is 9. The molecule has 4 atom stereocenters. The van der Waals surface area contributed by atoms with Crippen LogP contribution in [0.3, 0.4) is 0 Å². The van der Waals surface area contributed by atoms with Gasteiger partial charge in [0.05, 0.1) is 51.8 Å². The van der Waals surface area contributed by atoms with Crippen molar-refractivity contribution in [1.82, 2.24) is 39.2 Å². The smallest absolute Gasteiger partial charge is 0.388 e. The molecule has 2 aliphatic carbocycles. The maximum atomic E-state index is 16.7. The number of aliphatic hydroxyl groups is 1. The molecule has 0 unspecified atom stereocenters. The highest BCUT2D eigenvalue weighted by atomic mass is 19.1. The lowest BCUT2D eigenvalue weighted by Gasteiger charge is -2.35. The van der Waals surface area contributed by atoms with Crippen molar-refractivity contribution in [3.05, 3.63) is 135 Å². The van der Waals surface area contributed by atoms with Gasteiger partial charge in [0, 0.05) is 54.6 Å². The van der Waals surface area contributed by atoms with Crippen LogP contribution in [-0.4, -0.2) is 80.5 Å². The molecule has 3 fully saturated rings. The van der Waals surface area contributed by atoms with Crippen molar-refractivity contribution in [2.75, 3.05) is 23.0 Å². The van der Waals surface area contributed by atoms with Crippen molar-refractivity contribution >= 4 is 45.2 Å². The Hall–Kier alpha value is -7.14. The number of nitrogens with one attached hydrogen (secondary N) is 1. The Balaban J connectivity index is 0.963. The van der Waals surface area contributed by atoms with E-state index in [4.69, 9.17) is 14.4 Å². The number of aromatic amines is 1. The third kappa shape index (κ3) is 6.82. The van der Waals surface area contributed by atoms with E-state index in [9.17, 15) is 14.7 Å². The molecule has 3 aliphatic heterocycles. The number of H-pyrrole nitrogens is 1. The van der Waals surface area contributed by atoms with Gasteiger partial charge in [-0.05, 0) is 138 Å². The van der Waals surface area contributed by atoms with Gasteiger partial charge in [-0.25, -0.2) is 23.1 Å². The fourth-order valence-electron chi connectivity index (χ4n) is 11.5. The van der Waals surface area contributed by atoms with Gasteiger partial charge in [-0.2, -0.15) is 10.2 Å². The monoisotopic (exact) mass is 950 g/mol. The molecule has 18 heteroatoms. The number of aromatic nitrogens is 7. The zero-order valence-electron chi connectivity index (χ0n) is 39.7. The Labute approximate surface area is 400 Å². The molecule has 12 rings (SSSR count). The van der Waals surface area contributed by atoms with E-state index < -0.39 is 28.8 Å². The molecule has 5 aliphatic rings. The number of rotatable bonds is 9. The Morgan fingerprint density at radius 1 is 0.986 bits per heavy atom. The second-order valence-electron chi connectivity index (χ2n) is 20.7. The average Bonchev–Trinajstić information content (AvgIpc) is 3.75. The Morgan fingerprint density at radius 3 is 2.43 bits per heavy atom. The molecular formula is C52H52F2N10O6.